The fourth-order valence-electron chi connectivity index (χ4n) is 3.30. The molecule has 0 radical (unpaired) electrons. The van der Waals surface area contributed by atoms with Crippen molar-refractivity contribution in [3.05, 3.63) is 35.4 Å². The molecule has 3 heteroatoms. The lowest BCUT2D eigenvalue weighted by Gasteiger charge is -2.30. The van der Waals surface area contributed by atoms with Gasteiger partial charge in [-0.1, -0.05) is 31.2 Å². The molecule has 1 amide bonds. The van der Waals surface area contributed by atoms with E-state index in [2.05, 4.69) is 36.5 Å². The summed E-state index contributed by atoms with van der Waals surface area (Å²) in [5, 5.41) is 3.58. The summed E-state index contributed by atoms with van der Waals surface area (Å²) in [5.41, 5.74) is 2.89. The average Bonchev–Trinajstić information content (AvgIpc) is 2.51. The van der Waals surface area contributed by atoms with Crippen molar-refractivity contribution in [2.45, 2.75) is 52.0 Å². The molecule has 0 saturated heterocycles. The molecule has 1 aliphatic rings. The van der Waals surface area contributed by atoms with Crippen LogP contribution in [0.25, 0.3) is 0 Å². The van der Waals surface area contributed by atoms with E-state index in [1.165, 1.54) is 17.5 Å². The highest BCUT2D eigenvalue weighted by Crippen LogP contribution is 2.36. The van der Waals surface area contributed by atoms with Gasteiger partial charge in [0, 0.05) is 32.1 Å². The lowest BCUT2D eigenvalue weighted by atomic mass is 9.81. The van der Waals surface area contributed by atoms with Crippen molar-refractivity contribution in [1.82, 2.24) is 10.2 Å². The third-order valence-corrected chi connectivity index (χ3v) is 4.64. The minimum absolute atomic E-state index is 0.255. The zero-order valence-corrected chi connectivity index (χ0v) is 13.6. The number of amides is 1. The molecule has 3 nitrogen and oxygen atoms in total. The highest BCUT2D eigenvalue weighted by Gasteiger charge is 2.23. The van der Waals surface area contributed by atoms with Crippen molar-refractivity contribution in [2.75, 3.05) is 19.6 Å². The highest BCUT2D eigenvalue weighted by atomic mass is 16.2. The van der Waals surface area contributed by atoms with Gasteiger partial charge in [-0.2, -0.15) is 0 Å². The molecule has 0 heterocycles. The van der Waals surface area contributed by atoms with Gasteiger partial charge in [-0.05, 0) is 43.7 Å². The summed E-state index contributed by atoms with van der Waals surface area (Å²) in [7, 11) is 0. The number of benzene rings is 1. The van der Waals surface area contributed by atoms with Crippen molar-refractivity contribution in [3.63, 3.8) is 0 Å². The van der Waals surface area contributed by atoms with Crippen LogP contribution in [0.1, 0.15) is 63.1 Å². The van der Waals surface area contributed by atoms with Crippen LogP contribution in [0.4, 0.5) is 0 Å². The monoisotopic (exact) mass is 288 g/mol. The molecule has 0 fully saturated rings. The lowest BCUT2D eigenvalue weighted by Crippen LogP contribution is -2.34. The van der Waals surface area contributed by atoms with Crippen LogP contribution in [0.3, 0.4) is 0 Å². The van der Waals surface area contributed by atoms with Crippen LogP contribution >= 0.6 is 0 Å². The first-order valence-corrected chi connectivity index (χ1v) is 8.27. The molecular formula is C18H28N2O. The Balaban J connectivity index is 1.90. The van der Waals surface area contributed by atoms with Crippen LogP contribution in [0, 0.1) is 0 Å². The molecule has 1 aromatic rings. The Morgan fingerprint density at radius 3 is 2.52 bits per heavy atom. The fraction of sp³-hybridized carbons (Fsp3) is 0.611. The quantitative estimate of drug-likeness (QED) is 0.869. The van der Waals surface area contributed by atoms with Crippen molar-refractivity contribution < 1.29 is 4.79 Å². The van der Waals surface area contributed by atoms with E-state index in [0.717, 1.165) is 26.1 Å². The van der Waals surface area contributed by atoms with E-state index in [1.807, 2.05) is 18.7 Å². The molecule has 0 spiro atoms. The minimum Gasteiger partial charge on any atom is -0.343 e. The van der Waals surface area contributed by atoms with Gasteiger partial charge in [0.1, 0.15) is 0 Å². The first-order chi connectivity index (χ1) is 10.2. The van der Waals surface area contributed by atoms with Gasteiger partial charge in [0.05, 0.1) is 0 Å². The second-order valence-corrected chi connectivity index (χ2v) is 5.93. The van der Waals surface area contributed by atoms with Crippen LogP contribution in [-0.4, -0.2) is 30.4 Å². The molecule has 21 heavy (non-hydrogen) atoms. The number of hydrogen-bond acceptors (Lipinski definition) is 2. The number of nitrogens with zero attached hydrogens (tertiary/aromatic N) is 1. The van der Waals surface area contributed by atoms with Gasteiger partial charge in [0.2, 0.25) is 5.91 Å². The van der Waals surface area contributed by atoms with Crippen molar-refractivity contribution >= 4 is 5.91 Å². The Morgan fingerprint density at radius 2 is 1.86 bits per heavy atom. The largest absolute Gasteiger partial charge is 0.343 e. The minimum atomic E-state index is 0.255. The van der Waals surface area contributed by atoms with E-state index in [0.29, 0.717) is 18.4 Å². The van der Waals surface area contributed by atoms with E-state index in [-0.39, 0.29) is 5.91 Å². The summed E-state index contributed by atoms with van der Waals surface area (Å²) in [6.45, 7) is 8.75. The third kappa shape index (κ3) is 3.85. The summed E-state index contributed by atoms with van der Waals surface area (Å²) in [5.74, 6) is 0.904. The maximum absolute atomic E-state index is 12.0. The normalized spacial score (nSPS) is 20.9. The highest BCUT2D eigenvalue weighted by molar-refractivity contribution is 5.76. The predicted octanol–water partition coefficient (Wildman–Crippen LogP) is 3.47. The van der Waals surface area contributed by atoms with Crippen molar-refractivity contribution in [1.29, 1.82) is 0 Å². The number of rotatable bonds is 6. The molecular weight excluding hydrogens is 260 g/mol. The van der Waals surface area contributed by atoms with Crippen LogP contribution in [0.5, 0.6) is 0 Å². The van der Waals surface area contributed by atoms with E-state index < -0.39 is 0 Å². The van der Waals surface area contributed by atoms with Gasteiger partial charge in [0.25, 0.3) is 0 Å². The second-order valence-electron chi connectivity index (χ2n) is 5.93. The molecule has 116 valence electrons. The number of carbonyl (C=O) groups excluding carboxylic acids is 1. The Hall–Kier alpha value is -1.35. The van der Waals surface area contributed by atoms with E-state index in [4.69, 9.17) is 0 Å². The molecule has 0 bridgehead atoms. The summed E-state index contributed by atoms with van der Waals surface area (Å²) in [6.07, 6.45) is 2.98. The maximum atomic E-state index is 12.0. The number of fused-ring (bicyclic) bond motifs is 1. The molecule has 0 aliphatic heterocycles. The van der Waals surface area contributed by atoms with Crippen LogP contribution in [0.2, 0.25) is 0 Å². The molecule has 1 N–H and O–H groups in total. The second kappa shape index (κ2) is 7.60. The summed E-state index contributed by atoms with van der Waals surface area (Å²) >= 11 is 0. The molecule has 2 rings (SSSR count). The van der Waals surface area contributed by atoms with Crippen LogP contribution < -0.4 is 5.32 Å². The van der Waals surface area contributed by atoms with Gasteiger partial charge in [-0.25, -0.2) is 0 Å². The number of hydrogen-bond donors (Lipinski definition) is 1. The smallest absolute Gasteiger partial charge is 0.223 e. The molecule has 1 aliphatic carbocycles. The third-order valence-electron chi connectivity index (χ3n) is 4.64. The summed E-state index contributed by atoms with van der Waals surface area (Å²) in [6, 6.07) is 9.12. The zero-order valence-electron chi connectivity index (χ0n) is 13.6. The number of carbonyl (C=O) groups is 1. The molecule has 2 unspecified atom stereocenters. The van der Waals surface area contributed by atoms with Crippen LogP contribution in [-0.2, 0) is 4.79 Å². The molecule has 2 atom stereocenters. The van der Waals surface area contributed by atoms with Crippen molar-refractivity contribution in [3.8, 4) is 0 Å². The standard InChI is InChI=1S/C18H28N2O/c1-4-20(5-2)18(21)12-13-19-17-11-10-14(3)15-8-6-7-9-16(15)17/h6-9,14,17,19H,4-5,10-13H2,1-3H3. The topological polar surface area (TPSA) is 32.3 Å². The Kier molecular flexibility index (Phi) is 5.80. The van der Waals surface area contributed by atoms with Crippen molar-refractivity contribution in [2.24, 2.45) is 0 Å². The summed E-state index contributed by atoms with van der Waals surface area (Å²) < 4.78 is 0. The summed E-state index contributed by atoms with van der Waals surface area (Å²) in [4.78, 5) is 13.9. The molecule has 0 aromatic heterocycles. The van der Waals surface area contributed by atoms with Gasteiger partial charge >= 0.3 is 0 Å². The fourth-order valence-corrected chi connectivity index (χ4v) is 3.30. The molecule has 0 saturated carbocycles. The van der Waals surface area contributed by atoms with Crippen LogP contribution in [0.15, 0.2) is 24.3 Å². The zero-order chi connectivity index (χ0) is 15.2. The Labute approximate surface area is 128 Å². The van der Waals surface area contributed by atoms with Gasteiger partial charge in [-0.15, -0.1) is 0 Å². The van der Waals surface area contributed by atoms with Gasteiger partial charge in [-0.3, -0.25) is 4.79 Å². The molecule has 1 aromatic carbocycles. The van der Waals surface area contributed by atoms with E-state index in [1.54, 1.807) is 0 Å². The first-order valence-electron chi connectivity index (χ1n) is 8.27. The Bertz CT molecular complexity index is 468. The SMILES string of the molecule is CCN(CC)C(=O)CCNC1CCC(C)c2ccccc21. The lowest BCUT2D eigenvalue weighted by molar-refractivity contribution is -0.130. The maximum Gasteiger partial charge on any atom is 0.223 e. The van der Waals surface area contributed by atoms with E-state index in [9.17, 15) is 4.79 Å². The van der Waals surface area contributed by atoms with Gasteiger partial charge in [0.15, 0.2) is 0 Å². The van der Waals surface area contributed by atoms with E-state index >= 15 is 0 Å². The van der Waals surface area contributed by atoms with Gasteiger partial charge < -0.3 is 10.2 Å². The average molecular weight is 288 g/mol. The Morgan fingerprint density at radius 1 is 1.19 bits per heavy atom. The first kappa shape index (κ1) is 16.0. The predicted molar refractivity (Wildman–Crippen MR) is 87.4 cm³/mol. The number of nitrogens with one attached hydrogen (secondary N) is 1.